The molecular weight excluding hydrogens is 408 g/mol. The third-order valence-electron chi connectivity index (χ3n) is 4.82. The van der Waals surface area contributed by atoms with Crippen LogP contribution in [0.3, 0.4) is 0 Å². The molecule has 0 bridgehead atoms. The summed E-state index contributed by atoms with van der Waals surface area (Å²) in [4.78, 5) is 26.3. The molecule has 1 aliphatic carbocycles. The number of nitrogens with zero attached hydrogens (tertiary/aromatic N) is 3. The number of amides is 1. The normalized spacial score (nSPS) is 13.2. The Labute approximate surface area is 179 Å². The Morgan fingerprint density at radius 2 is 2.00 bits per heavy atom. The van der Waals surface area contributed by atoms with Crippen molar-refractivity contribution >= 4 is 40.0 Å². The van der Waals surface area contributed by atoms with E-state index in [1.54, 1.807) is 6.92 Å². The van der Waals surface area contributed by atoms with Gasteiger partial charge in [-0.25, -0.2) is 4.79 Å². The largest absolute Gasteiger partial charge is 0.462 e. The van der Waals surface area contributed by atoms with E-state index in [0.29, 0.717) is 17.2 Å². The van der Waals surface area contributed by atoms with Gasteiger partial charge >= 0.3 is 5.97 Å². The number of thiophene rings is 1. The zero-order valence-electron chi connectivity index (χ0n) is 17.2. The number of ether oxygens (including phenoxy) is 1. The predicted octanol–water partition coefficient (Wildman–Crippen LogP) is 4.10. The maximum absolute atomic E-state index is 12.6. The third-order valence-corrected chi connectivity index (χ3v) is 6.99. The number of aromatic nitrogens is 3. The van der Waals surface area contributed by atoms with Crippen LogP contribution in [0.1, 0.15) is 66.7 Å². The van der Waals surface area contributed by atoms with Crippen LogP contribution in [0.5, 0.6) is 0 Å². The Kier molecular flexibility index (Phi) is 7.71. The van der Waals surface area contributed by atoms with Gasteiger partial charge in [0.25, 0.3) is 0 Å². The highest BCUT2D eigenvalue weighted by molar-refractivity contribution is 7.99. The van der Waals surface area contributed by atoms with Crippen molar-refractivity contribution in [1.82, 2.24) is 14.8 Å². The Balaban J connectivity index is 1.71. The van der Waals surface area contributed by atoms with Gasteiger partial charge in [-0.1, -0.05) is 18.7 Å². The van der Waals surface area contributed by atoms with E-state index in [2.05, 4.69) is 33.9 Å². The molecular formula is C20H28N4O3S2. The first kappa shape index (κ1) is 21.8. The topological polar surface area (TPSA) is 86.1 Å². The molecule has 2 aromatic rings. The molecule has 0 aromatic carbocycles. The van der Waals surface area contributed by atoms with Crippen LogP contribution in [0.4, 0.5) is 5.00 Å². The molecule has 1 amide bonds. The number of carbonyl (C=O) groups is 2. The van der Waals surface area contributed by atoms with Crippen LogP contribution >= 0.6 is 23.1 Å². The van der Waals surface area contributed by atoms with Crippen LogP contribution in [0, 0.1) is 0 Å². The first-order valence-electron chi connectivity index (χ1n) is 10.2. The molecule has 7 nitrogen and oxygen atoms in total. The van der Waals surface area contributed by atoms with Crippen molar-refractivity contribution in [1.29, 1.82) is 0 Å². The fraction of sp³-hybridized carbons (Fsp3) is 0.600. The lowest BCUT2D eigenvalue weighted by molar-refractivity contribution is -0.113. The lowest BCUT2D eigenvalue weighted by atomic mass is 9.95. The maximum atomic E-state index is 12.6. The molecule has 2 heterocycles. The van der Waals surface area contributed by atoms with Gasteiger partial charge in [0.15, 0.2) is 5.16 Å². The second-order valence-electron chi connectivity index (χ2n) is 6.87. The highest BCUT2D eigenvalue weighted by Gasteiger charge is 2.27. The summed E-state index contributed by atoms with van der Waals surface area (Å²) in [5.74, 6) is 0.676. The van der Waals surface area contributed by atoms with Crippen molar-refractivity contribution in [3.05, 3.63) is 21.8 Å². The predicted molar refractivity (Wildman–Crippen MR) is 116 cm³/mol. The van der Waals surface area contributed by atoms with Gasteiger partial charge in [-0.3, -0.25) is 4.79 Å². The third kappa shape index (κ3) is 5.01. The second-order valence-corrected chi connectivity index (χ2v) is 8.91. The summed E-state index contributed by atoms with van der Waals surface area (Å²) in [6.07, 6.45) is 5.87. The van der Waals surface area contributed by atoms with Crippen molar-refractivity contribution in [2.75, 3.05) is 17.7 Å². The molecule has 29 heavy (non-hydrogen) atoms. The van der Waals surface area contributed by atoms with Crippen LogP contribution in [-0.4, -0.2) is 39.0 Å². The number of rotatable bonds is 9. The van der Waals surface area contributed by atoms with Crippen molar-refractivity contribution < 1.29 is 14.3 Å². The summed E-state index contributed by atoms with van der Waals surface area (Å²) in [6.45, 7) is 7.05. The number of hydrogen-bond acceptors (Lipinski definition) is 7. The SMILES string of the molecule is CCCc1nnc(SCC(=O)Nc2sc3c(c2C(=O)OCC)CCCC3)n1CC. The Bertz CT molecular complexity index is 875. The molecule has 0 atom stereocenters. The van der Waals surface area contributed by atoms with Crippen molar-refractivity contribution in [3.63, 3.8) is 0 Å². The van der Waals surface area contributed by atoms with E-state index in [1.807, 2.05) is 0 Å². The quantitative estimate of drug-likeness (QED) is 0.470. The van der Waals surface area contributed by atoms with E-state index in [-0.39, 0.29) is 17.6 Å². The van der Waals surface area contributed by atoms with Gasteiger partial charge < -0.3 is 14.6 Å². The number of hydrogen-bond donors (Lipinski definition) is 1. The van der Waals surface area contributed by atoms with Crippen LogP contribution < -0.4 is 5.32 Å². The van der Waals surface area contributed by atoms with E-state index in [0.717, 1.165) is 61.6 Å². The molecule has 2 aromatic heterocycles. The van der Waals surface area contributed by atoms with E-state index in [1.165, 1.54) is 28.0 Å². The molecule has 3 rings (SSSR count). The molecule has 0 saturated heterocycles. The van der Waals surface area contributed by atoms with Crippen molar-refractivity contribution in [2.45, 2.75) is 71.0 Å². The van der Waals surface area contributed by atoms with Gasteiger partial charge in [-0.05, 0) is 51.5 Å². The van der Waals surface area contributed by atoms with Crippen LogP contribution in [0.2, 0.25) is 0 Å². The fourth-order valence-electron chi connectivity index (χ4n) is 3.52. The Morgan fingerprint density at radius 3 is 2.72 bits per heavy atom. The number of fused-ring (bicyclic) bond motifs is 1. The number of esters is 1. The molecule has 0 spiro atoms. The zero-order valence-corrected chi connectivity index (χ0v) is 18.9. The van der Waals surface area contributed by atoms with Gasteiger partial charge in [0.05, 0.1) is 17.9 Å². The number of anilines is 1. The molecule has 158 valence electrons. The zero-order chi connectivity index (χ0) is 20.8. The minimum atomic E-state index is -0.343. The van der Waals surface area contributed by atoms with Gasteiger partial charge in [0.2, 0.25) is 5.91 Å². The summed E-state index contributed by atoms with van der Waals surface area (Å²) in [5.41, 5.74) is 1.60. The molecule has 0 unspecified atom stereocenters. The first-order chi connectivity index (χ1) is 14.1. The Morgan fingerprint density at radius 1 is 1.21 bits per heavy atom. The van der Waals surface area contributed by atoms with Gasteiger partial charge in [-0.15, -0.1) is 21.5 Å². The molecule has 0 aliphatic heterocycles. The molecule has 0 radical (unpaired) electrons. The molecule has 1 N–H and O–H groups in total. The summed E-state index contributed by atoms with van der Waals surface area (Å²) in [6, 6.07) is 0. The first-order valence-corrected chi connectivity index (χ1v) is 12.1. The second kappa shape index (κ2) is 10.2. The fourth-order valence-corrected chi connectivity index (χ4v) is 5.63. The number of nitrogens with one attached hydrogen (secondary N) is 1. The smallest absolute Gasteiger partial charge is 0.341 e. The van der Waals surface area contributed by atoms with Gasteiger partial charge in [0.1, 0.15) is 10.8 Å². The summed E-state index contributed by atoms with van der Waals surface area (Å²) in [7, 11) is 0. The molecule has 0 saturated carbocycles. The average Bonchev–Trinajstić information content (AvgIpc) is 3.27. The summed E-state index contributed by atoms with van der Waals surface area (Å²) in [5, 5.41) is 12.8. The monoisotopic (exact) mass is 436 g/mol. The van der Waals surface area contributed by atoms with Crippen LogP contribution in [-0.2, 0) is 35.3 Å². The number of thioether (sulfide) groups is 1. The minimum absolute atomic E-state index is 0.151. The van der Waals surface area contributed by atoms with Crippen LogP contribution in [0.15, 0.2) is 5.16 Å². The standard InChI is InChI=1S/C20H28N4O3S2/c1-4-9-15-22-23-20(24(15)5-2)28-12-16(25)21-18-17(19(26)27-6-3)13-10-7-8-11-14(13)29-18/h4-12H2,1-3H3,(H,21,25). The highest BCUT2D eigenvalue weighted by atomic mass is 32.2. The lowest BCUT2D eigenvalue weighted by Crippen LogP contribution is -2.17. The van der Waals surface area contributed by atoms with E-state index < -0.39 is 0 Å². The van der Waals surface area contributed by atoms with Crippen molar-refractivity contribution in [2.24, 2.45) is 0 Å². The summed E-state index contributed by atoms with van der Waals surface area (Å²) >= 11 is 2.88. The van der Waals surface area contributed by atoms with Gasteiger partial charge in [-0.2, -0.15) is 0 Å². The van der Waals surface area contributed by atoms with E-state index >= 15 is 0 Å². The molecule has 9 heteroatoms. The number of aryl methyl sites for hydroxylation is 2. The average molecular weight is 437 g/mol. The minimum Gasteiger partial charge on any atom is -0.462 e. The van der Waals surface area contributed by atoms with Gasteiger partial charge in [0, 0.05) is 17.8 Å². The van der Waals surface area contributed by atoms with E-state index in [4.69, 9.17) is 4.74 Å². The molecule has 0 fully saturated rings. The maximum Gasteiger partial charge on any atom is 0.341 e. The summed E-state index contributed by atoms with van der Waals surface area (Å²) < 4.78 is 7.30. The van der Waals surface area contributed by atoms with Crippen LogP contribution in [0.25, 0.3) is 0 Å². The number of carbonyl (C=O) groups excluding carboxylic acids is 2. The Hall–Kier alpha value is -1.87. The van der Waals surface area contributed by atoms with Crippen molar-refractivity contribution in [3.8, 4) is 0 Å². The lowest BCUT2D eigenvalue weighted by Gasteiger charge is -2.12. The molecule has 1 aliphatic rings. The van der Waals surface area contributed by atoms with E-state index in [9.17, 15) is 9.59 Å². The highest BCUT2D eigenvalue weighted by Crippen LogP contribution is 2.38.